The van der Waals surface area contributed by atoms with E-state index in [2.05, 4.69) is 26.8 Å². The van der Waals surface area contributed by atoms with E-state index in [4.69, 9.17) is 0 Å². The zero-order valence-corrected chi connectivity index (χ0v) is 12.0. The van der Waals surface area contributed by atoms with Crippen LogP contribution in [0.5, 0.6) is 5.75 Å². The number of rotatable bonds is 4. The molecule has 0 aliphatic rings. The SMILES string of the molecule is CC[As](CC)Cc1cc(C)c(O)cc1C. The average Bonchev–Trinajstić information content (AvgIpc) is 2.21. The summed E-state index contributed by atoms with van der Waals surface area (Å²) in [6.07, 6.45) is 0. The second-order valence-corrected chi connectivity index (χ2v) is 10.2. The molecule has 0 aliphatic carbocycles. The Labute approximate surface area is 97.8 Å². The summed E-state index contributed by atoms with van der Waals surface area (Å²) in [4.78, 5) is 0. The number of hydrogen-bond donors (Lipinski definition) is 1. The van der Waals surface area contributed by atoms with E-state index in [1.54, 1.807) is 0 Å². The van der Waals surface area contributed by atoms with Crippen LogP contribution in [0.1, 0.15) is 30.5 Å². The van der Waals surface area contributed by atoms with Crippen LogP contribution in [0.3, 0.4) is 0 Å². The minimum absolute atomic E-state index is 0.434. The molecule has 0 atom stereocenters. The monoisotopic (exact) mass is 268 g/mol. The van der Waals surface area contributed by atoms with Crippen molar-refractivity contribution in [1.29, 1.82) is 0 Å². The van der Waals surface area contributed by atoms with Gasteiger partial charge in [0, 0.05) is 0 Å². The normalized spacial score (nSPS) is 11.0. The van der Waals surface area contributed by atoms with E-state index in [-0.39, 0.29) is 0 Å². The molecule has 0 amide bonds. The van der Waals surface area contributed by atoms with Gasteiger partial charge in [0.1, 0.15) is 0 Å². The first kappa shape index (κ1) is 12.6. The van der Waals surface area contributed by atoms with E-state index in [1.807, 2.05) is 13.0 Å². The predicted molar refractivity (Wildman–Crippen MR) is 68.0 cm³/mol. The number of phenolic OH excluding ortho intramolecular Hbond substituents is 1. The molecule has 0 heterocycles. The van der Waals surface area contributed by atoms with Gasteiger partial charge in [0.2, 0.25) is 0 Å². The molecular weight excluding hydrogens is 247 g/mol. The summed E-state index contributed by atoms with van der Waals surface area (Å²) in [5.74, 6) is 0.434. The summed E-state index contributed by atoms with van der Waals surface area (Å²) in [5.41, 5.74) is 3.71. The minimum atomic E-state index is -0.632. The molecule has 0 saturated heterocycles. The number of aromatic hydroxyl groups is 1. The molecular formula is C13H21AsO. The summed E-state index contributed by atoms with van der Waals surface area (Å²) in [5, 5.41) is 13.6. The predicted octanol–water partition coefficient (Wildman–Crippen LogP) is 3.63. The summed E-state index contributed by atoms with van der Waals surface area (Å²) < 4.78 is 0. The van der Waals surface area contributed by atoms with Crippen LogP contribution in [-0.4, -0.2) is 19.8 Å². The molecule has 2 heteroatoms. The van der Waals surface area contributed by atoms with Crippen molar-refractivity contribution in [3.8, 4) is 5.75 Å². The van der Waals surface area contributed by atoms with Crippen LogP contribution in [0.4, 0.5) is 0 Å². The molecule has 15 heavy (non-hydrogen) atoms. The first-order valence-electron chi connectivity index (χ1n) is 5.59. The van der Waals surface area contributed by atoms with Crippen LogP contribution >= 0.6 is 0 Å². The van der Waals surface area contributed by atoms with Crippen LogP contribution in [0, 0.1) is 13.8 Å². The fourth-order valence-corrected chi connectivity index (χ4v) is 5.32. The topological polar surface area (TPSA) is 20.2 Å². The maximum absolute atomic E-state index is 9.58. The first-order chi connectivity index (χ1) is 7.08. The Morgan fingerprint density at radius 3 is 2.20 bits per heavy atom. The second-order valence-electron chi connectivity index (χ2n) is 4.03. The molecule has 1 aromatic rings. The van der Waals surface area contributed by atoms with Crippen molar-refractivity contribution in [2.45, 2.75) is 43.3 Å². The van der Waals surface area contributed by atoms with Crippen LogP contribution in [0.25, 0.3) is 0 Å². The van der Waals surface area contributed by atoms with Crippen LogP contribution in [0.15, 0.2) is 12.1 Å². The van der Waals surface area contributed by atoms with Crippen molar-refractivity contribution in [2.24, 2.45) is 0 Å². The Morgan fingerprint density at radius 2 is 1.67 bits per heavy atom. The molecule has 1 nitrogen and oxygen atoms in total. The molecule has 0 saturated carbocycles. The van der Waals surface area contributed by atoms with Gasteiger partial charge < -0.3 is 0 Å². The Balaban J connectivity index is 2.89. The van der Waals surface area contributed by atoms with Gasteiger partial charge >= 0.3 is 97.7 Å². The van der Waals surface area contributed by atoms with Crippen LogP contribution in [0.2, 0.25) is 10.4 Å². The van der Waals surface area contributed by atoms with Gasteiger partial charge in [0.05, 0.1) is 0 Å². The fraction of sp³-hybridized carbons (Fsp3) is 0.538. The van der Waals surface area contributed by atoms with Crippen molar-refractivity contribution in [1.82, 2.24) is 0 Å². The first-order valence-corrected chi connectivity index (χ1v) is 9.58. The Morgan fingerprint density at radius 1 is 1.07 bits per heavy atom. The van der Waals surface area contributed by atoms with E-state index in [0.717, 1.165) is 5.56 Å². The van der Waals surface area contributed by atoms with Gasteiger partial charge in [0.15, 0.2) is 0 Å². The maximum atomic E-state index is 9.58. The van der Waals surface area contributed by atoms with Crippen molar-refractivity contribution in [2.75, 3.05) is 0 Å². The molecule has 1 aromatic carbocycles. The van der Waals surface area contributed by atoms with E-state index in [1.165, 1.54) is 26.8 Å². The van der Waals surface area contributed by atoms with Gasteiger partial charge in [0.25, 0.3) is 0 Å². The molecule has 0 aromatic heterocycles. The molecule has 0 fully saturated rings. The number of benzene rings is 1. The van der Waals surface area contributed by atoms with E-state index < -0.39 is 14.7 Å². The van der Waals surface area contributed by atoms with Crippen molar-refractivity contribution in [3.05, 3.63) is 28.8 Å². The van der Waals surface area contributed by atoms with Crippen LogP contribution < -0.4 is 0 Å². The molecule has 84 valence electrons. The van der Waals surface area contributed by atoms with Gasteiger partial charge in [-0.05, 0) is 0 Å². The van der Waals surface area contributed by atoms with Crippen LogP contribution in [-0.2, 0) is 5.21 Å². The Kier molecular flexibility index (Phi) is 4.73. The van der Waals surface area contributed by atoms with Crippen molar-refractivity contribution in [3.63, 3.8) is 0 Å². The third-order valence-corrected chi connectivity index (χ3v) is 8.35. The van der Waals surface area contributed by atoms with Gasteiger partial charge in [-0.25, -0.2) is 0 Å². The van der Waals surface area contributed by atoms with Gasteiger partial charge in [-0.3, -0.25) is 0 Å². The van der Waals surface area contributed by atoms with Crippen molar-refractivity contribution < 1.29 is 5.11 Å². The van der Waals surface area contributed by atoms with E-state index >= 15 is 0 Å². The Bertz CT molecular complexity index is 330. The Hall–Kier alpha value is -0.422. The third-order valence-electron chi connectivity index (χ3n) is 2.94. The molecule has 0 spiro atoms. The quantitative estimate of drug-likeness (QED) is 0.827. The third kappa shape index (κ3) is 3.27. The molecule has 0 bridgehead atoms. The average molecular weight is 268 g/mol. The fourth-order valence-electron chi connectivity index (χ4n) is 1.72. The summed E-state index contributed by atoms with van der Waals surface area (Å²) in [6.45, 7) is 8.71. The molecule has 0 unspecified atom stereocenters. The number of phenols is 1. The number of hydrogen-bond acceptors (Lipinski definition) is 1. The second kappa shape index (κ2) is 5.60. The molecule has 1 N–H and O–H groups in total. The van der Waals surface area contributed by atoms with E-state index in [9.17, 15) is 5.11 Å². The zero-order valence-electron chi connectivity index (χ0n) is 10.2. The summed E-state index contributed by atoms with van der Waals surface area (Å²) in [7, 11) is 0. The van der Waals surface area contributed by atoms with Gasteiger partial charge in [-0.1, -0.05) is 0 Å². The molecule has 0 radical (unpaired) electrons. The van der Waals surface area contributed by atoms with Crippen molar-refractivity contribution >= 4 is 14.7 Å². The molecule has 1 rings (SSSR count). The zero-order chi connectivity index (χ0) is 11.4. The molecule has 0 aliphatic heterocycles. The van der Waals surface area contributed by atoms with E-state index in [0.29, 0.717) is 5.75 Å². The summed E-state index contributed by atoms with van der Waals surface area (Å²) in [6, 6.07) is 4.07. The van der Waals surface area contributed by atoms with Gasteiger partial charge in [-0.2, -0.15) is 0 Å². The van der Waals surface area contributed by atoms with Gasteiger partial charge in [-0.15, -0.1) is 0 Å². The number of aryl methyl sites for hydroxylation is 2. The summed E-state index contributed by atoms with van der Waals surface area (Å²) >= 11 is -0.632. The standard InChI is InChI=1S/C13H21AsO/c1-5-14(6-2)9-12-7-11(4)13(15)8-10(12)3/h7-8,15H,5-6,9H2,1-4H3.